The Hall–Kier alpha value is -0.940. The second-order valence-electron chi connectivity index (χ2n) is 4.41. The molecule has 17 heavy (non-hydrogen) atoms. The fraction of sp³-hybridized carbons (Fsp3) is 0.500. The second kappa shape index (κ2) is 5.14. The Labute approximate surface area is 110 Å². The van der Waals surface area contributed by atoms with Crippen molar-refractivity contribution < 1.29 is 0 Å². The Kier molecular flexibility index (Phi) is 3.79. The highest BCUT2D eigenvalue weighted by molar-refractivity contribution is 7.16. The third kappa shape index (κ3) is 2.84. The summed E-state index contributed by atoms with van der Waals surface area (Å²) in [5.74, 6) is 0.650. The van der Waals surface area contributed by atoms with Gasteiger partial charge in [0.2, 0.25) is 0 Å². The van der Waals surface area contributed by atoms with E-state index < -0.39 is 0 Å². The molecule has 0 saturated carbocycles. The molecule has 2 rings (SSSR count). The summed E-state index contributed by atoms with van der Waals surface area (Å²) in [6.07, 6.45) is 1.05. The Morgan fingerprint density at radius 2 is 2.12 bits per heavy atom. The highest BCUT2D eigenvalue weighted by atomic mass is 32.1. The molecule has 92 valence electrons. The molecule has 1 N–H and O–H groups in total. The molecule has 0 aromatic carbocycles. The Bertz CT molecular complexity index is 500. The van der Waals surface area contributed by atoms with Crippen molar-refractivity contribution in [3.63, 3.8) is 0 Å². The van der Waals surface area contributed by atoms with E-state index in [-0.39, 0.29) is 0 Å². The summed E-state index contributed by atoms with van der Waals surface area (Å²) in [5, 5.41) is 7.33. The van der Waals surface area contributed by atoms with Gasteiger partial charge in [-0.05, 0) is 12.8 Å². The van der Waals surface area contributed by atoms with E-state index in [0.717, 1.165) is 22.9 Å². The van der Waals surface area contributed by atoms with Crippen LogP contribution >= 0.6 is 22.7 Å². The Balaban J connectivity index is 2.29. The van der Waals surface area contributed by atoms with E-state index >= 15 is 0 Å². The van der Waals surface area contributed by atoms with Gasteiger partial charge >= 0.3 is 0 Å². The zero-order valence-corrected chi connectivity index (χ0v) is 12.2. The first-order chi connectivity index (χ1) is 8.10. The molecule has 0 atom stereocenters. The number of rotatable bonds is 4. The minimum absolute atomic E-state index is 0.650. The van der Waals surface area contributed by atoms with Crippen LogP contribution in [0.3, 0.4) is 0 Å². The van der Waals surface area contributed by atoms with Crippen molar-refractivity contribution in [1.82, 2.24) is 9.97 Å². The molecule has 0 bridgehead atoms. The topological polar surface area (TPSA) is 37.8 Å². The number of aromatic nitrogens is 2. The van der Waals surface area contributed by atoms with Crippen LogP contribution in [0.15, 0.2) is 5.38 Å². The lowest BCUT2D eigenvalue weighted by Gasteiger charge is -1.97. The van der Waals surface area contributed by atoms with E-state index in [4.69, 9.17) is 0 Å². The number of aryl methyl sites for hydroxylation is 1. The van der Waals surface area contributed by atoms with Gasteiger partial charge < -0.3 is 5.32 Å². The molecule has 0 spiro atoms. The largest absolute Gasteiger partial charge is 0.365 e. The predicted octanol–water partition coefficient (Wildman–Crippen LogP) is 3.82. The van der Waals surface area contributed by atoms with Crippen LogP contribution in [0.25, 0.3) is 10.6 Å². The lowest BCUT2D eigenvalue weighted by molar-refractivity contribution is 0.643. The highest BCUT2D eigenvalue weighted by Crippen LogP contribution is 2.32. The van der Waals surface area contributed by atoms with Crippen molar-refractivity contribution in [1.29, 1.82) is 0 Å². The van der Waals surface area contributed by atoms with E-state index in [1.807, 2.05) is 7.05 Å². The van der Waals surface area contributed by atoms with Gasteiger partial charge in [-0.25, -0.2) is 9.97 Å². The molecular formula is C12H17N3S2. The van der Waals surface area contributed by atoms with E-state index in [0.29, 0.717) is 5.92 Å². The quantitative estimate of drug-likeness (QED) is 0.915. The fourth-order valence-corrected chi connectivity index (χ4v) is 3.59. The normalized spacial score (nSPS) is 11.1. The molecule has 0 radical (unpaired) electrons. The van der Waals surface area contributed by atoms with Crippen molar-refractivity contribution >= 4 is 27.8 Å². The predicted molar refractivity (Wildman–Crippen MR) is 76.0 cm³/mol. The smallest absolute Gasteiger partial charge is 0.182 e. The number of nitrogens with one attached hydrogen (secondary N) is 1. The van der Waals surface area contributed by atoms with Gasteiger partial charge in [0.05, 0.1) is 21.3 Å². The molecule has 0 fully saturated rings. The fourth-order valence-electron chi connectivity index (χ4n) is 1.62. The SMILES string of the molecule is CNc1nc(-c2sc(CC(C)C)nc2C)cs1. The van der Waals surface area contributed by atoms with Crippen molar-refractivity contribution in [2.75, 3.05) is 12.4 Å². The Morgan fingerprint density at radius 1 is 1.35 bits per heavy atom. The van der Waals surface area contributed by atoms with Gasteiger partial charge in [0.25, 0.3) is 0 Å². The maximum Gasteiger partial charge on any atom is 0.182 e. The summed E-state index contributed by atoms with van der Waals surface area (Å²) in [4.78, 5) is 10.4. The monoisotopic (exact) mass is 267 g/mol. The van der Waals surface area contributed by atoms with Crippen LogP contribution in [-0.4, -0.2) is 17.0 Å². The first kappa shape index (κ1) is 12.5. The zero-order valence-electron chi connectivity index (χ0n) is 10.6. The molecule has 2 aromatic heterocycles. The molecule has 5 heteroatoms. The third-order valence-electron chi connectivity index (χ3n) is 2.37. The minimum atomic E-state index is 0.650. The maximum absolute atomic E-state index is 4.62. The van der Waals surface area contributed by atoms with Gasteiger partial charge in [0.15, 0.2) is 5.13 Å². The van der Waals surface area contributed by atoms with Crippen molar-refractivity contribution in [3.8, 4) is 10.6 Å². The number of thiazole rings is 2. The molecule has 0 saturated heterocycles. The number of nitrogens with zero attached hydrogens (tertiary/aromatic N) is 2. The van der Waals surface area contributed by atoms with Crippen LogP contribution < -0.4 is 5.32 Å². The molecule has 0 aliphatic heterocycles. The summed E-state index contributed by atoms with van der Waals surface area (Å²) in [6.45, 7) is 6.50. The number of hydrogen-bond acceptors (Lipinski definition) is 5. The van der Waals surface area contributed by atoms with Gasteiger partial charge in [-0.1, -0.05) is 13.8 Å². The summed E-state index contributed by atoms with van der Waals surface area (Å²) < 4.78 is 0. The molecule has 0 unspecified atom stereocenters. The number of hydrogen-bond donors (Lipinski definition) is 1. The first-order valence-electron chi connectivity index (χ1n) is 5.70. The highest BCUT2D eigenvalue weighted by Gasteiger charge is 2.13. The molecule has 0 aliphatic rings. The van der Waals surface area contributed by atoms with E-state index in [9.17, 15) is 0 Å². The molecular weight excluding hydrogens is 250 g/mol. The van der Waals surface area contributed by atoms with E-state index in [2.05, 4.69) is 41.4 Å². The summed E-state index contributed by atoms with van der Waals surface area (Å²) in [6, 6.07) is 0. The lowest BCUT2D eigenvalue weighted by Crippen LogP contribution is -1.92. The lowest BCUT2D eigenvalue weighted by atomic mass is 10.1. The van der Waals surface area contributed by atoms with Crippen LogP contribution in [0.1, 0.15) is 24.5 Å². The van der Waals surface area contributed by atoms with Crippen molar-refractivity contribution in [2.45, 2.75) is 27.2 Å². The summed E-state index contributed by atoms with van der Waals surface area (Å²) >= 11 is 3.40. The van der Waals surface area contributed by atoms with Crippen LogP contribution in [0.4, 0.5) is 5.13 Å². The first-order valence-corrected chi connectivity index (χ1v) is 7.39. The summed E-state index contributed by atoms with van der Waals surface area (Å²) in [7, 11) is 1.90. The van der Waals surface area contributed by atoms with Gasteiger partial charge in [-0.2, -0.15) is 0 Å². The van der Waals surface area contributed by atoms with Crippen LogP contribution in [0.2, 0.25) is 0 Å². The van der Waals surface area contributed by atoms with Gasteiger partial charge in [0.1, 0.15) is 0 Å². The summed E-state index contributed by atoms with van der Waals surface area (Å²) in [5.41, 5.74) is 2.14. The molecule has 2 aromatic rings. The zero-order chi connectivity index (χ0) is 12.4. The van der Waals surface area contributed by atoms with Crippen LogP contribution in [-0.2, 0) is 6.42 Å². The van der Waals surface area contributed by atoms with Gasteiger partial charge in [-0.15, -0.1) is 22.7 Å². The van der Waals surface area contributed by atoms with E-state index in [1.165, 1.54) is 9.88 Å². The molecule has 0 amide bonds. The van der Waals surface area contributed by atoms with Crippen molar-refractivity contribution in [2.24, 2.45) is 5.92 Å². The van der Waals surface area contributed by atoms with Crippen LogP contribution in [0.5, 0.6) is 0 Å². The van der Waals surface area contributed by atoms with Crippen molar-refractivity contribution in [3.05, 3.63) is 16.1 Å². The standard InChI is InChI=1S/C12H17N3S2/c1-7(2)5-10-14-8(3)11(17-10)9-6-16-12(13-4)15-9/h6-7H,5H2,1-4H3,(H,13,15). The van der Waals surface area contributed by atoms with Gasteiger partial charge in [0, 0.05) is 18.8 Å². The van der Waals surface area contributed by atoms with Gasteiger partial charge in [-0.3, -0.25) is 0 Å². The molecule has 3 nitrogen and oxygen atoms in total. The average Bonchev–Trinajstić information content (AvgIpc) is 2.83. The Morgan fingerprint density at radius 3 is 2.71 bits per heavy atom. The average molecular weight is 267 g/mol. The molecule has 0 aliphatic carbocycles. The van der Waals surface area contributed by atoms with E-state index in [1.54, 1.807) is 22.7 Å². The maximum atomic E-state index is 4.62. The second-order valence-corrected chi connectivity index (χ2v) is 6.35. The van der Waals surface area contributed by atoms with Crippen LogP contribution in [0, 0.1) is 12.8 Å². The minimum Gasteiger partial charge on any atom is -0.365 e. The molecule has 2 heterocycles. The third-order valence-corrected chi connectivity index (χ3v) is 4.44. The number of anilines is 1.